The van der Waals surface area contributed by atoms with E-state index in [0.29, 0.717) is 0 Å². The molecular weight excluding hydrogens is 436 g/mol. The smallest absolute Gasteiger partial charge is 0.383 e. The molecule has 3 saturated carbocycles. The molecular formula is C21H24F8O2. The third kappa shape index (κ3) is 2.95. The fourth-order valence-corrected chi connectivity index (χ4v) is 7.39. The van der Waals surface area contributed by atoms with Gasteiger partial charge in [-0.3, -0.25) is 4.79 Å². The van der Waals surface area contributed by atoms with Crippen LogP contribution in [-0.2, 0) is 4.79 Å². The topological polar surface area (TPSA) is 37.3 Å². The van der Waals surface area contributed by atoms with Gasteiger partial charge >= 0.3 is 18.3 Å². The molecule has 31 heavy (non-hydrogen) atoms. The van der Waals surface area contributed by atoms with E-state index in [1.807, 2.05) is 0 Å². The van der Waals surface area contributed by atoms with Crippen LogP contribution in [0.4, 0.5) is 35.1 Å². The van der Waals surface area contributed by atoms with Gasteiger partial charge in [0.2, 0.25) is 0 Å². The van der Waals surface area contributed by atoms with Crippen LogP contribution in [0.3, 0.4) is 0 Å². The monoisotopic (exact) mass is 460 g/mol. The zero-order valence-corrected chi connectivity index (χ0v) is 16.8. The normalized spacial score (nSPS) is 41.7. The Morgan fingerprint density at radius 1 is 0.871 bits per heavy atom. The molecule has 2 nitrogen and oxygen atoms in total. The molecule has 176 valence electrons. The first-order valence-electron chi connectivity index (χ1n) is 10.6. The summed E-state index contributed by atoms with van der Waals surface area (Å²) in [7, 11) is 0. The van der Waals surface area contributed by atoms with E-state index >= 15 is 0 Å². The summed E-state index contributed by atoms with van der Waals surface area (Å²) in [5.41, 5.74) is -5.96. The quantitative estimate of drug-likeness (QED) is 0.488. The highest BCUT2D eigenvalue weighted by Crippen LogP contribution is 2.69. The maximum absolute atomic E-state index is 14.4. The van der Waals surface area contributed by atoms with E-state index in [-0.39, 0.29) is 62.4 Å². The molecule has 4 aliphatic carbocycles. The van der Waals surface area contributed by atoms with Crippen molar-refractivity contribution in [1.29, 1.82) is 0 Å². The van der Waals surface area contributed by atoms with Crippen molar-refractivity contribution in [3.05, 3.63) is 11.1 Å². The van der Waals surface area contributed by atoms with Gasteiger partial charge in [0.15, 0.2) is 5.78 Å². The first kappa shape index (κ1) is 23.0. The van der Waals surface area contributed by atoms with Crippen LogP contribution in [0.15, 0.2) is 11.1 Å². The highest BCUT2D eigenvalue weighted by atomic mass is 19.4. The van der Waals surface area contributed by atoms with Crippen LogP contribution in [0.25, 0.3) is 0 Å². The van der Waals surface area contributed by atoms with E-state index in [9.17, 15) is 45.0 Å². The predicted molar refractivity (Wildman–Crippen MR) is 93.0 cm³/mol. The zero-order valence-electron chi connectivity index (χ0n) is 16.8. The number of aliphatic hydroxyl groups is 1. The molecule has 4 rings (SSSR count). The van der Waals surface area contributed by atoms with Gasteiger partial charge in [0.05, 0.1) is 5.57 Å². The summed E-state index contributed by atoms with van der Waals surface area (Å²) >= 11 is 0. The fourth-order valence-electron chi connectivity index (χ4n) is 7.39. The lowest BCUT2D eigenvalue weighted by Crippen LogP contribution is -2.65. The van der Waals surface area contributed by atoms with Crippen molar-refractivity contribution >= 4 is 5.78 Å². The highest BCUT2D eigenvalue weighted by molar-refractivity contribution is 5.98. The molecule has 1 N–H and O–H groups in total. The largest absolute Gasteiger partial charge is 0.456 e. The third-order valence-electron chi connectivity index (χ3n) is 8.80. The maximum Gasteiger partial charge on any atom is 0.456 e. The number of hydrogen-bond acceptors (Lipinski definition) is 2. The van der Waals surface area contributed by atoms with E-state index in [2.05, 4.69) is 0 Å². The van der Waals surface area contributed by atoms with Gasteiger partial charge in [0.1, 0.15) is 5.60 Å². The molecule has 0 amide bonds. The number of rotatable bonds is 1. The highest BCUT2D eigenvalue weighted by Gasteiger charge is 2.78. The molecule has 0 spiro atoms. The molecule has 0 aromatic carbocycles. The Morgan fingerprint density at radius 2 is 1.52 bits per heavy atom. The maximum atomic E-state index is 14.4. The first-order valence-corrected chi connectivity index (χ1v) is 10.6. The molecule has 0 radical (unpaired) electrons. The van der Waals surface area contributed by atoms with Crippen LogP contribution >= 0.6 is 0 Å². The van der Waals surface area contributed by atoms with E-state index in [1.54, 1.807) is 0 Å². The van der Waals surface area contributed by atoms with Crippen LogP contribution in [-0.4, -0.2) is 34.8 Å². The number of ketones is 1. The van der Waals surface area contributed by atoms with Gasteiger partial charge in [-0.15, -0.1) is 0 Å². The van der Waals surface area contributed by atoms with E-state index in [4.69, 9.17) is 0 Å². The van der Waals surface area contributed by atoms with Crippen molar-refractivity contribution in [2.24, 2.45) is 29.1 Å². The molecule has 0 aromatic rings. The van der Waals surface area contributed by atoms with Gasteiger partial charge in [-0.1, -0.05) is 12.5 Å². The first-order chi connectivity index (χ1) is 14.1. The summed E-state index contributed by atoms with van der Waals surface area (Å²) in [4.78, 5) is 12.0. The Bertz CT molecular complexity index is 813. The average Bonchev–Trinajstić information content (AvgIpc) is 2.92. The Hall–Kier alpha value is -1.19. The molecule has 4 aliphatic rings. The number of fused-ring (bicyclic) bond motifs is 5. The Balaban J connectivity index is 1.69. The lowest BCUT2D eigenvalue weighted by molar-refractivity contribution is -0.363. The molecule has 0 bridgehead atoms. The molecule has 0 saturated heterocycles. The Kier molecular flexibility index (Phi) is 4.94. The van der Waals surface area contributed by atoms with E-state index < -0.39 is 58.9 Å². The fraction of sp³-hybridized carbons (Fsp3) is 0.857. The molecule has 3 fully saturated rings. The number of alkyl halides is 8. The summed E-state index contributed by atoms with van der Waals surface area (Å²) in [6.45, 7) is 1.28. The van der Waals surface area contributed by atoms with Crippen LogP contribution in [0.1, 0.15) is 58.3 Å². The lowest BCUT2D eigenvalue weighted by Gasteiger charge is -2.56. The predicted octanol–water partition coefficient (Wildman–Crippen LogP) is 5.99. The molecule has 0 heterocycles. The van der Waals surface area contributed by atoms with Crippen molar-refractivity contribution in [3.63, 3.8) is 0 Å². The lowest BCUT2D eigenvalue weighted by atomic mass is 9.49. The van der Waals surface area contributed by atoms with Gasteiger partial charge in [0, 0.05) is 11.8 Å². The molecule has 6 atom stereocenters. The van der Waals surface area contributed by atoms with Crippen LogP contribution in [0.2, 0.25) is 0 Å². The third-order valence-corrected chi connectivity index (χ3v) is 8.80. The average molecular weight is 460 g/mol. The molecule has 10 heteroatoms. The number of Topliss-reactive ketones (excluding diaryl/α,β-unsaturated/α-hetero) is 1. The van der Waals surface area contributed by atoms with Crippen LogP contribution in [0.5, 0.6) is 0 Å². The van der Waals surface area contributed by atoms with Crippen molar-refractivity contribution < 1.29 is 45.0 Å². The summed E-state index contributed by atoms with van der Waals surface area (Å²) in [6, 6.07) is 0. The van der Waals surface area contributed by atoms with Gasteiger partial charge in [-0.25, -0.2) is 0 Å². The zero-order chi connectivity index (χ0) is 23.2. The molecule has 0 aliphatic heterocycles. The standard InChI is InChI=1S/C21H24F8O2/c1-17-8-6-11-10-4-5-15(30)16(19(22,23)24)13(10)3-2-12(11)14(17)7-9-18(17,31)20(25,26)21(27,28)29/h10-12,14,31H,2-9H2,1H3/t10-,11-,12-,14+,17+,18?/m1/s1. The Morgan fingerprint density at radius 3 is 2.10 bits per heavy atom. The number of carbonyl (C=O) groups is 1. The van der Waals surface area contributed by atoms with E-state index in [0.717, 1.165) is 0 Å². The van der Waals surface area contributed by atoms with Crippen LogP contribution in [0, 0.1) is 29.1 Å². The Labute approximate surface area is 174 Å². The van der Waals surface area contributed by atoms with Gasteiger partial charge in [0.25, 0.3) is 0 Å². The molecule has 1 unspecified atom stereocenters. The van der Waals surface area contributed by atoms with Crippen molar-refractivity contribution in [3.8, 4) is 0 Å². The van der Waals surface area contributed by atoms with Crippen molar-refractivity contribution in [1.82, 2.24) is 0 Å². The summed E-state index contributed by atoms with van der Waals surface area (Å²) in [6.07, 6.45) is -11.2. The number of hydrogen-bond donors (Lipinski definition) is 1. The minimum Gasteiger partial charge on any atom is -0.383 e. The van der Waals surface area contributed by atoms with Gasteiger partial charge < -0.3 is 5.11 Å². The number of carbonyl (C=O) groups excluding carboxylic acids is 1. The van der Waals surface area contributed by atoms with Gasteiger partial charge in [-0.2, -0.15) is 35.1 Å². The minimum absolute atomic E-state index is 0.0207. The van der Waals surface area contributed by atoms with Crippen molar-refractivity contribution in [2.75, 3.05) is 0 Å². The molecule has 0 aromatic heterocycles. The van der Waals surface area contributed by atoms with Crippen LogP contribution < -0.4 is 0 Å². The van der Waals surface area contributed by atoms with E-state index in [1.165, 1.54) is 6.92 Å². The summed E-state index contributed by atoms with van der Waals surface area (Å²) in [5.74, 6) is -8.04. The van der Waals surface area contributed by atoms with Crippen molar-refractivity contribution in [2.45, 2.75) is 82.2 Å². The SMILES string of the molecule is C[C@]12CC[C@H]3[C@@H](CCC4=C(C(F)(F)F)C(=O)CC[C@@H]43)[C@@H]1CCC2(O)C(F)(F)C(F)(F)F. The second-order valence-corrected chi connectivity index (χ2v) is 9.87. The minimum atomic E-state index is -5.90. The summed E-state index contributed by atoms with van der Waals surface area (Å²) in [5, 5.41) is 10.7. The second kappa shape index (κ2) is 6.67. The summed E-state index contributed by atoms with van der Waals surface area (Å²) < 4.78 is 109. The second-order valence-electron chi connectivity index (χ2n) is 9.87. The number of halogens is 8. The number of allylic oxidation sites excluding steroid dienone is 1. The van der Waals surface area contributed by atoms with Gasteiger partial charge in [-0.05, 0) is 68.6 Å².